The van der Waals surface area contributed by atoms with Gasteiger partial charge in [-0.05, 0) is 47.2 Å². The van der Waals surface area contributed by atoms with E-state index in [2.05, 4.69) is 20.9 Å². The van der Waals surface area contributed by atoms with Crippen molar-refractivity contribution in [1.29, 1.82) is 0 Å². The highest BCUT2D eigenvalue weighted by atomic mass is 79.9. The number of hydrogen-bond donors (Lipinski definition) is 0. The molecule has 1 aromatic rings. The zero-order chi connectivity index (χ0) is 15.0. The molecule has 1 heterocycles. The standard InChI is InChI=1S/C13H13BrF5N/c14-9-5-10(13(17,18)19)11(20-7-9)4-8-2-1-3-12(15,16)6-8/h5,7-8H,1-4,6H2. The van der Waals surface area contributed by atoms with E-state index < -0.39 is 23.6 Å². The van der Waals surface area contributed by atoms with Crippen molar-refractivity contribution < 1.29 is 22.0 Å². The third kappa shape index (κ3) is 3.90. The predicted octanol–water partition coefficient (Wildman–Crippen LogP) is 5.23. The molecule has 1 nitrogen and oxygen atoms in total. The van der Waals surface area contributed by atoms with Crippen LogP contribution in [0.4, 0.5) is 22.0 Å². The van der Waals surface area contributed by atoms with Gasteiger partial charge in [0.25, 0.3) is 0 Å². The summed E-state index contributed by atoms with van der Waals surface area (Å²) in [6, 6.07) is 0.948. The fraction of sp³-hybridized carbons (Fsp3) is 0.615. The van der Waals surface area contributed by atoms with Gasteiger partial charge in [-0.3, -0.25) is 4.98 Å². The summed E-state index contributed by atoms with van der Waals surface area (Å²) >= 11 is 2.95. The summed E-state index contributed by atoms with van der Waals surface area (Å²) in [4.78, 5) is 3.77. The van der Waals surface area contributed by atoms with Crippen LogP contribution in [-0.4, -0.2) is 10.9 Å². The van der Waals surface area contributed by atoms with Gasteiger partial charge in [0.05, 0.1) is 11.3 Å². The Morgan fingerprint density at radius 2 is 2.05 bits per heavy atom. The number of alkyl halides is 5. The lowest BCUT2D eigenvalue weighted by molar-refractivity contribution is -0.138. The molecule has 0 N–H and O–H groups in total. The molecule has 0 bridgehead atoms. The maximum absolute atomic E-state index is 13.3. The Morgan fingerprint density at radius 1 is 1.35 bits per heavy atom. The Kier molecular flexibility index (Phi) is 4.37. The van der Waals surface area contributed by atoms with E-state index >= 15 is 0 Å². The number of halogens is 6. The number of aromatic nitrogens is 1. The van der Waals surface area contributed by atoms with E-state index in [1.54, 1.807) is 0 Å². The van der Waals surface area contributed by atoms with Crippen LogP contribution in [0.1, 0.15) is 36.9 Å². The van der Waals surface area contributed by atoms with Crippen molar-refractivity contribution in [3.8, 4) is 0 Å². The largest absolute Gasteiger partial charge is 0.418 e. The van der Waals surface area contributed by atoms with Crippen LogP contribution < -0.4 is 0 Å². The lowest BCUT2D eigenvalue weighted by atomic mass is 9.83. The third-order valence-electron chi connectivity index (χ3n) is 3.47. The van der Waals surface area contributed by atoms with Gasteiger partial charge in [-0.1, -0.05) is 0 Å². The Labute approximate surface area is 121 Å². The molecule has 1 aliphatic rings. The smallest absolute Gasteiger partial charge is 0.259 e. The second-order valence-corrected chi connectivity index (χ2v) is 6.08. The van der Waals surface area contributed by atoms with Gasteiger partial charge in [0.15, 0.2) is 0 Å². The lowest BCUT2D eigenvalue weighted by Crippen LogP contribution is -2.28. The molecule has 2 rings (SSSR count). The van der Waals surface area contributed by atoms with Crippen LogP contribution in [0.3, 0.4) is 0 Å². The van der Waals surface area contributed by atoms with Crippen molar-refractivity contribution in [1.82, 2.24) is 4.98 Å². The first kappa shape index (κ1) is 15.7. The highest BCUT2D eigenvalue weighted by Gasteiger charge is 2.39. The van der Waals surface area contributed by atoms with Crippen LogP contribution in [0.2, 0.25) is 0 Å². The van der Waals surface area contributed by atoms with Crippen LogP contribution in [0, 0.1) is 5.92 Å². The van der Waals surface area contributed by atoms with Gasteiger partial charge in [-0.15, -0.1) is 0 Å². The average Bonchev–Trinajstić information content (AvgIpc) is 2.29. The SMILES string of the molecule is FC1(F)CCCC(Cc2ncc(Br)cc2C(F)(F)F)C1. The maximum Gasteiger partial charge on any atom is 0.418 e. The van der Waals surface area contributed by atoms with Gasteiger partial charge in [-0.2, -0.15) is 13.2 Å². The lowest BCUT2D eigenvalue weighted by Gasteiger charge is -2.29. The van der Waals surface area contributed by atoms with E-state index in [4.69, 9.17) is 0 Å². The van der Waals surface area contributed by atoms with Crippen LogP contribution >= 0.6 is 15.9 Å². The highest BCUT2D eigenvalue weighted by Crippen LogP contribution is 2.40. The van der Waals surface area contributed by atoms with Crippen molar-refractivity contribution in [2.75, 3.05) is 0 Å². The highest BCUT2D eigenvalue weighted by molar-refractivity contribution is 9.10. The Balaban J connectivity index is 2.21. The first-order valence-corrected chi connectivity index (χ1v) is 7.06. The molecular weight excluding hydrogens is 345 g/mol. The van der Waals surface area contributed by atoms with Crippen LogP contribution in [0.25, 0.3) is 0 Å². The van der Waals surface area contributed by atoms with Crippen LogP contribution in [0.15, 0.2) is 16.7 Å². The maximum atomic E-state index is 13.3. The second kappa shape index (κ2) is 5.58. The van der Waals surface area contributed by atoms with Gasteiger partial charge in [0, 0.05) is 23.5 Å². The molecule has 112 valence electrons. The van der Waals surface area contributed by atoms with Gasteiger partial charge >= 0.3 is 6.18 Å². The third-order valence-corrected chi connectivity index (χ3v) is 3.90. The van der Waals surface area contributed by atoms with E-state index in [1.165, 1.54) is 6.20 Å². The quantitative estimate of drug-likeness (QED) is 0.660. The Hall–Kier alpha value is -0.720. The molecule has 1 fully saturated rings. The summed E-state index contributed by atoms with van der Waals surface area (Å²) in [5.41, 5.74) is -0.996. The Bertz CT molecular complexity index is 486. The summed E-state index contributed by atoms with van der Waals surface area (Å²) in [7, 11) is 0. The van der Waals surface area contributed by atoms with E-state index in [9.17, 15) is 22.0 Å². The van der Waals surface area contributed by atoms with Crippen molar-refractivity contribution >= 4 is 15.9 Å². The number of nitrogens with zero attached hydrogens (tertiary/aromatic N) is 1. The summed E-state index contributed by atoms with van der Waals surface area (Å²) in [6.45, 7) is 0. The molecule has 0 amide bonds. The normalized spacial score (nSPS) is 22.8. The van der Waals surface area contributed by atoms with Gasteiger partial charge < -0.3 is 0 Å². The molecule has 0 saturated heterocycles. The number of pyridine rings is 1. The van der Waals surface area contributed by atoms with Gasteiger partial charge in [0.2, 0.25) is 5.92 Å². The van der Waals surface area contributed by atoms with Crippen molar-refractivity contribution in [2.45, 2.75) is 44.2 Å². The molecule has 1 aromatic heterocycles. The first-order valence-electron chi connectivity index (χ1n) is 6.27. The summed E-state index contributed by atoms with van der Waals surface area (Å²) in [5, 5.41) is 0. The average molecular weight is 358 g/mol. The summed E-state index contributed by atoms with van der Waals surface area (Å²) in [5.74, 6) is -3.22. The number of rotatable bonds is 2. The molecule has 1 unspecified atom stereocenters. The minimum atomic E-state index is -4.52. The minimum absolute atomic E-state index is 0.0578. The van der Waals surface area contributed by atoms with E-state index in [-0.39, 0.29) is 29.4 Å². The molecule has 0 aliphatic heterocycles. The molecule has 0 aromatic carbocycles. The molecule has 7 heteroatoms. The first-order chi connectivity index (χ1) is 9.17. The summed E-state index contributed by atoms with van der Waals surface area (Å²) < 4.78 is 65.6. The van der Waals surface area contributed by atoms with Crippen molar-refractivity contribution in [3.63, 3.8) is 0 Å². The van der Waals surface area contributed by atoms with Crippen molar-refractivity contribution in [2.24, 2.45) is 5.92 Å². The molecule has 1 saturated carbocycles. The zero-order valence-corrected chi connectivity index (χ0v) is 12.1. The molecule has 1 atom stereocenters. The summed E-state index contributed by atoms with van der Waals surface area (Å²) in [6.07, 6.45) is -2.99. The van der Waals surface area contributed by atoms with Gasteiger partial charge in [0.1, 0.15) is 0 Å². The van der Waals surface area contributed by atoms with Crippen molar-refractivity contribution in [3.05, 3.63) is 28.0 Å². The van der Waals surface area contributed by atoms with E-state index in [0.29, 0.717) is 12.8 Å². The number of hydrogen-bond acceptors (Lipinski definition) is 1. The van der Waals surface area contributed by atoms with Crippen LogP contribution in [0.5, 0.6) is 0 Å². The topological polar surface area (TPSA) is 12.9 Å². The fourth-order valence-corrected chi connectivity index (χ4v) is 2.93. The molecular formula is C13H13BrF5N. The zero-order valence-electron chi connectivity index (χ0n) is 10.5. The van der Waals surface area contributed by atoms with Crippen LogP contribution in [-0.2, 0) is 12.6 Å². The minimum Gasteiger partial charge on any atom is -0.259 e. The van der Waals surface area contributed by atoms with Gasteiger partial charge in [-0.25, -0.2) is 8.78 Å². The molecule has 0 spiro atoms. The monoisotopic (exact) mass is 357 g/mol. The predicted molar refractivity (Wildman–Crippen MR) is 67.5 cm³/mol. The molecule has 20 heavy (non-hydrogen) atoms. The Morgan fingerprint density at radius 3 is 2.65 bits per heavy atom. The molecule has 1 aliphatic carbocycles. The van der Waals surface area contributed by atoms with E-state index in [1.807, 2.05) is 0 Å². The van der Waals surface area contributed by atoms with E-state index in [0.717, 1.165) is 6.07 Å². The second-order valence-electron chi connectivity index (χ2n) is 5.17. The molecule has 0 radical (unpaired) electrons. The fourth-order valence-electron chi connectivity index (χ4n) is 2.60.